The number of H-pyrrole nitrogens is 1. The van der Waals surface area contributed by atoms with Gasteiger partial charge in [-0.1, -0.05) is 30.3 Å². The zero-order valence-electron chi connectivity index (χ0n) is 19.8. The quantitative estimate of drug-likeness (QED) is 0.158. The third-order valence-electron chi connectivity index (χ3n) is 5.24. The number of rotatable bonds is 14. The zero-order valence-corrected chi connectivity index (χ0v) is 19.8. The molecule has 0 saturated heterocycles. The predicted octanol–water partition coefficient (Wildman–Crippen LogP) is -1.65. The molecular formula is C23H31N7O6. The van der Waals surface area contributed by atoms with Crippen molar-refractivity contribution in [3.05, 3.63) is 54.1 Å². The fraction of sp³-hybridized carbons (Fsp3) is 0.391. The number of nitrogens with one attached hydrogen (secondary N) is 4. The second-order valence-electron chi connectivity index (χ2n) is 8.29. The Labute approximate surface area is 207 Å². The number of carbonyl (C=O) groups excluding carboxylic acids is 4. The molecule has 9 N–H and O–H groups in total. The first-order valence-electron chi connectivity index (χ1n) is 11.3. The number of aliphatic carboxylic acids is 1. The number of nitrogens with two attached hydrogens (primary N) is 2. The Kier molecular flexibility index (Phi) is 10.6. The lowest BCUT2D eigenvalue weighted by Gasteiger charge is -2.25. The molecule has 0 spiro atoms. The van der Waals surface area contributed by atoms with Crippen molar-refractivity contribution in [2.75, 3.05) is 0 Å². The zero-order chi connectivity index (χ0) is 26.7. The molecule has 13 heteroatoms. The summed E-state index contributed by atoms with van der Waals surface area (Å²) in [6.07, 6.45) is 2.45. The molecule has 194 valence electrons. The van der Waals surface area contributed by atoms with Crippen molar-refractivity contribution in [2.45, 2.75) is 56.8 Å². The SMILES string of the molecule is CC(N)C(=O)NC(Cc1ccccc1)C(=O)NC(Cc1cnc[nH]1)C(=O)NC(CCC(N)=O)C(=O)O. The summed E-state index contributed by atoms with van der Waals surface area (Å²) < 4.78 is 0. The van der Waals surface area contributed by atoms with Gasteiger partial charge in [0.25, 0.3) is 0 Å². The Morgan fingerprint density at radius 1 is 0.944 bits per heavy atom. The second-order valence-corrected chi connectivity index (χ2v) is 8.29. The molecule has 0 aliphatic heterocycles. The Hall–Kier alpha value is -4.26. The maximum Gasteiger partial charge on any atom is 0.326 e. The Morgan fingerprint density at radius 3 is 2.06 bits per heavy atom. The van der Waals surface area contributed by atoms with Crippen LogP contribution in [0, 0.1) is 0 Å². The molecule has 36 heavy (non-hydrogen) atoms. The summed E-state index contributed by atoms with van der Waals surface area (Å²) in [6, 6.07) is 4.38. The van der Waals surface area contributed by atoms with Gasteiger partial charge in [0.15, 0.2) is 0 Å². The minimum Gasteiger partial charge on any atom is -0.480 e. The first kappa shape index (κ1) is 28.0. The van der Waals surface area contributed by atoms with Gasteiger partial charge in [0.05, 0.1) is 12.4 Å². The summed E-state index contributed by atoms with van der Waals surface area (Å²) in [5.74, 6) is -4.10. The normalized spacial score (nSPS) is 14.1. The van der Waals surface area contributed by atoms with E-state index in [0.717, 1.165) is 5.56 Å². The number of nitrogens with zero attached hydrogens (tertiary/aromatic N) is 1. The molecule has 1 aromatic carbocycles. The third-order valence-corrected chi connectivity index (χ3v) is 5.24. The average molecular weight is 502 g/mol. The molecule has 1 heterocycles. The maximum absolute atomic E-state index is 13.2. The van der Waals surface area contributed by atoms with Gasteiger partial charge in [0.1, 0.15) is 18.1 Å². The van der Waals surface area contributed by atoms with Gasteiger partial charge in [-0.05, 0) is 18.9 Å². The van der Waals surface area contributed by atoms with Crippen LogP contribution in [-0.4, -0.2) is 68.8 Å². The summed E-state index contributed by atoms with van der Waals surface area (Å²) in [5.41, 5.74) is 12.0. The number of carboxylic acid groups (broad SMARTS) is 1. The van der Waals surface area contributed by atoms with Crippen molar-refractivity contribution < 1.29 is 29.1 Å². The van der Waals surface area contributed by atoms with Gasteiger partial charge in [-0.25, -0.2) is 9.78 Å². The third kappa shape index (κ3) is 9.18. The number of primary amides is 1. The maximum atomic E-state index is 13.2. The summed E-state index contributed by atoms with van der Waals surface area (Å²) >= 11 is 0. The van der Waals surface area contributed by atoms with Crippen LogP contribution in [0.3, 0.4) is 0 Å². The Balaban J connectivity index is 2.23. The van der Waals surface area contributed by atoms with E-state index in [9.17, 15) is 29.1 Å². The van der Waals surface area contributed by atoms with E-state index in [-0.39, 0.29) is 25.7 Å². The number of imidazole rings is 1. The number of benzene rings is 1. The van der Waals surface area contributed by atoms with E-state index < -0.39 is 53.8 Å². The fourth-order valence-corrected chi connectivity index (χ4v) is 3.28. The summed E-state index contributed by atoms with van der Waals surface area (Å²) in [7, 11) is 0. The number of hydrogen-bond donors (Lipinski definition) is 7. The predicted molar refractivity (Wildman–Crippen MR) is 128 cm³/mol. The fourth-order valence-electron chi connectivity index (χ4n) is 3.28. The number of carbonyl (C=O) groups is 5. The molecule has 0 saturated carbocycles. The smallest absolute Gasteiger partial charge is 0.326 e. The average Bonchev–Trinajstić information content (AvgIpc) is 3.34. The molecule has 0 radical (unpaired) electrons. The number of amides is 4. The lowest BCUT2D eigenvalue weighted by atomic mass is 10.0. The highest BCUT2D eigenvalue weighted by Crippen LogP contribution is 2.07. The second kappa shape index (κ2) is 13.6. The monoisotopic (exact) mass is 501 g/mol. The minimum atomic E-state index is -1.40. The van der Waals surface area contributed by atoms with Gasteiger partial charge in [0.2, 0.25) is 23.6 Å². The number of aromatic nitrogens is 2. The molecule has 2 rings (SSSR count). The topological polar surface area (TPSA) is 222 Å². The van der Waals surface area contributed by atoms with Crippen LogP contribution in [0.5, 0.6) is 0 Å². The van der Waals surface area contributed by atoms with Crippen LogP contribution in [-0.2, 0) is 36.8 Å². The first-order chi connectivity index (χ1) is 17.1. The van der Waals surface area contributed by atoms with Crippen LogP contribution >= 0.6 is 0 Å². The van der Waals surface area contributed by atoms with Crippen molar-refractivity contribution in [3.63, 3.8) is 0 Å². The lowest BCUT2D eigenvalue weighted by molar-refractivity contribution is -0.142. The van der Waals surface area contributed by atoms with Crippen LogP contribution in [0.4, 0.5) is 0 Å². The van der Waals surface area contributed by atoms with Crippen LogP contribution in [0.2, 0.25) is 0 Å². The van der Waals surface area contributed by atoms with Gasteiger partial charge >= 0.3 is 5.97 Å². The van der Waals surface area contributed by atoms with Crippen LogP contribution in [0.15, 0.2) is 42.9 Å². The van der Waals surface area contributed by atoms with Gasteiger partial charge in [-0.15, -0.1) is 0 Å². The highest BCUT2D eigenvalue weighted by molar-refractivity contribution is 5.94. The molecule has 4 amide bonds. The van der Waals surface area contributed by atoms with E-state index in [2.05, 4.69) is 25.9 Å². The van der Waals surface area contributed by atoms with Gasteiger partial charge in [-0.2, -0.15) is 0 Å². The Bertz CT molecular complexity index is 1040. The van der Waals surface area contributed by atoms with Crippen LogP contribution < -0.4 is 27.4 Å². The van der Waals surface area contributed by atoms with Crippen LogP contribution in [0.1, 0.15) is 31.0 Å². The van der Waals surface area contributed by atoms with E-state index in [1.54, 1.807) is 30.3 Å². The summed E-state index contributed by atoms with van der Waals surface area (Å²) in [6.45, 7) is 1.47. The van der Waals surface area contributed by atoms with Gasteiger partial charge < -0.3 is 37.5 Å². The van der Waals surface area contributed by atoms with Crippen molar-refractivity contribution in [3.8, 4) is 0 Å². The number of hydrogen-bond acceptors (Lipinski definition) is 7. The Morgan fingerprint density at radius 2 is 1.53 bits per heavy atom. The minimum absolute atomic E-state index is 0.0426. The molecule has 4 atom stereocenters. The van der Waals surface area contributed by atoms with Gasteiger partial charge in [0, 0.05) is 31.2 Å². The molecule has 13 nitrogen and oxygen atoms in total. The standard InChI is InChI=1S/C23H31N7O6/c1-13(24)20(32)29-17(9-14-5-3-2-4-6-14)21(33)30-18(10-15-11-26-12-27-15)22(34)28-16(23(35)36)7-8-19(25)31/h2-6,11-13,16-18H,7-10,24H2,1H3,(H2,25,31)(H,26,27)(H,28,34)(H,29,32)(H,30,33)(H,35,36). The highest BCUT2D eigenvalue weighted by Gasteiger charge is 2.30. The van der Waals surface area contributed by atoms with Crippen molar-refractivity contribution in [1.82, 2.24) is 25.9 Å². The highest BCUT2D eigenvalue weighted by atomic mass is 16.4. The molecule has 1 aromatic heterocycles. The van der Waals surface area contributed by atoms with Crippen molar-refractivity contribution in [2.24, 2.45) is 11.5 Å². The summed E-state index contributed by atoms with van der Waals surface area (Å²) in [4.78, 5) is 67.9. The van der Waals surface area contributed by atoms with Gasteiger partial charge in [-0.3, -0.25) is 19.2 Å². The molecule has 4 unspecified atom stereocenters. The van der Waals surface area contributed by atoms with Crippen molar-refractivity contribution in [1.29, 1.82) is 0 Å². The van der Waals surface area contributed by atoms with E-state index in [4.69, 9.17) is 11.5 Å². The molecule has 2 aromatic rings. The molecule has 0 aliphatic carbocycles. The first-order valence-corrected chi connectivity index (χ1v) is 11.3. The lowest BCUT2D eigenvalue weighted by Crippen LogP contribution is -2.58. The number of aromatic amines is 1. The van der Waals surface area contributed by atoms with Crippen LogP contribution in [0.25, 0.3) is 0 Å². The van der Waals surface area contributed by atoms with Crippen molar-refractivity contribution >= 4 is 29.6 Å². The van der Waals surface area contributed by atoms with E-state index >= 15 is 0 Å². The van der Waals surface area contributed by atoms with E-state index in [1.807, 2.05) is 0 Å². The van der Waals surface area contributed by atoms with E-state index in [1.165, 1.54) is 19.4 Å². The number of carboxylic acids is 1. The molecule has 0 aliphatic rings. The molecule has 0 fully saturated rings. The molecule has 0 bridgehead atoms. The molecular weight excluding hydrogens is 470 g/mol. The largest absolute Gasteiger partial charge is 0.480 e. The van der Waals surface area contributed by atoms with E-state index in [0.29, 0.717) is 5.69 Å². The summed E-state index contributed by atoms with van der Waals surface area (Å²) in [5, 5.41) is 16.9.